The lowest BCUT2D eigenvalue weighted by Gasteiger charge is -2.12. The van der Waals surface area contributed by atoms with E-state index >= 15 is 0 Å². The first-order valence-corrected chi connectivity index (χ1v) is 11.0. The average molecular weight is 419 g/mol. The maximum Gasteiger partial charge on any atom is 0.262 e. The van der Waals surface area contributed by atoms with E-state index in [1.807, 2.05) is 40.8 Å². The van der Waals surface area contributed by atoms with Crippen LogP contribution in [0.4, 0.5) is 0 Å². The van der Waals surface area contributed by atoms with E-state index in [0.717, 1.165) is 27.2 Å². The van der Waals surface area contributed by atoms with Gasteiger partial charge in [0.25, 0.3) is 5.56 Å². The van der Waals surface area contributed by atoms with Crippen molar-refractivity contribution in [2.45, 2.75) is 37.7 Å². The first-order chi connectivity index (χ1) is 13.0. The molecule has 0 N–H and O–H groups in total. The molecule has 0 unspecified atom stereocenters. The van der Waals surface area contributed by atoms with Gasteiger partial charge in [0.15, 0.2) is 5.16 Å². The third-order valence-electron chi connectivity index (χ3n) is 4.38. The molecule has 0 aliphatic rings. The zero-order valence-corrected chi connectivity index (χ0v) is 17.4. The number of para-hydroxylation sites is 1. The van der Waals surface area contributed by atoms with Gasteiger partial charge in [-0.2, -0.15) is 0 Å². The Kier molecular flexibility index (Phi) is 5.25. The molecule has 0 atom stereocenters. The average Bonchev–Trinajstić information content (AvgIpc) is 3.26. The smallest absolute Gasteiger partial charge is 0.262 e. The molecule has 0 spiro atoms. The molecule has 0 bridgehead atoms. The van der Waals surface area contributed by atoms with E-state index in [4.69, 9.17) is 11.6 Å². The fraction of sp³-hybridized carbons (Fsp3) is 0.316. The number of nitrogens with zero attached hydrogens (tertiary/aromatic N) is 4. The van der Waals surface area contributed by atoms with Crippen molar-refractivity contribution < 1.29 is 0 Å². The third kappa shape index (κ3) is 3.63. The summed E-state index contributed by atoms with van der Waals surface area (Å²) in [6, 6.07) is 11.6. The summed E-state index contributed by atoms with van der Waals surface area (Å²) < 4.78 is 4.53. The Bertz CT molecular complexity index is 1160. The van der Waals surface area contributed by atoms with E-state index in [0.29, 0.717) is 23.6 Å². The van der Waals surface area contributed by atoms with Gasteiger partial charge in [-0.1, -0.05) is 49.3 Å². The quantitative estimate of drug-likeness (QED) is 0.409. The first-order valence-electron chi connectivity index (χ1n) is 8.78. The molecule has 1 aromatic carbocycles. The van der Waals surface area contributed by atoms with Crippen LogP contribution in [0.2, 0.25) is 4.34 Å². The Morgan fingerprint density at radius 1 is 1.19 bits per heavy atom. The fourth-order valence-corrected chi connectivity index (χ4v) is 5.05. The van der Waals surface area contributed by atoms with Crippen LogP contribution in [-0.2, 0) is 12.3 Å². The number of thioether (sulfide) groups is 1. The van der Waals surface area contributed by atoms with Gasteiger partial charge in [0, 0.05) is 17.2 Å². The van der Waals surface area contributed by atoms with Crippen molar-refractivity contribution in [3.63, 3.8) is 0 Å². The molecule has 0 amide bonds. The molecular weight excluding hydrogens is 400 g/mol. The van der Waals surface area contributed by atoms with Crippen LogP contribution in [-0.4, -0.2) is 19.2 Å². The second-order valence-electron chi connectivity index (χ2n) is 6.77. The number of hydrogen-bond acceptors (Lipinski definition) is 5. The molecule has 0 saturated carbocycles. The van der Waals surface area contributed by atoms with Crippen LogP contribution in [0.5, 0.6) is 0 Å². The maximum atomic E-state index is 13.0. The molecule has 0 fully saturated rings. The first kappa shape index (κ1) is 18.5. The van der Waals surface area contributed by atoms with Gasteiger partial charge in [0.1, 0.15) is 0 Å². The molecule has 4 rings (SSSR count). The standard InChI is InChI=1S/C19H19ClN4OS2/c1-12(2)9-10-23-17(25)14-5-3-4-6-15(14)24-18(23)21-22-19(24)26-11-13-7-8-16(20)27-13/h3-8,12H,9-11H2,1-2H3. The van der Waals surface area contributed by atoms with Crippen molar-refractivity contribution in [1.29, 1.82) is 0 Å². The molecule has 8 heteroatoms. The highest BCUT2D eigenvalue weighted by atomic mass is 35.5. The van der Waals surface area contributed by atoms with Crippen molar-refractivity contribution in [2.24, 2.45) is 5.92 Å². The minimum Gasteiger partial charge on any atom is -0.276 e. The van der Waals surface area contributed by atoms with Crippen molar-refractivity contribution >= 4 is 51.4 Å². The van der Waals surface area contributed by atoms with Crippen molar-refractivity contribution in [2.75, 3.05) is 0 Å². The fourth-order valence-electron chi connectivity index (χ4n) is 2.98. The normalized spacial score (nSPS) is 11.9. The zero-order valence-electron chi connectivity index (χ0n) is 15.1. The highest BCUT2D eigenvalue weighted by Crippen LogP contribution is 2.29. The van der Waals surface area contributed by atoms with Crippen LogP contribution in [0.15, 0.2) is 46.3 Å². The predicted molar refractivity (Wildman–Crippen MR) is 113 cm³/mol. The monoisotopic (exact) mass is 418 g/mol. The van der Waals surface area contributed by atoms with Crippen LogP contribution in [0, 0.1) is 5.92 Å². The van der Waals surface area contributed by atoms with E-state index in [-0.39, 0.29) is 5.56 Å². The number of benzene rings is 1. The van der Waals surface area contributed by atoms with Crippen LogP contribution >= 0.6 is 34.7 Å². The van der Waals surface area contributed by atoms with E-state index in [2.05, 4.69) is 24.0 Å². The third-order valence-corrected chi connectivity index (χ3v) is 6.77. The lowest BCUT2D eigenvalue weighted by Crippen LogP contribution is -2.24. The van der Waals surface area contributed by atoms with Crippen LogP contribution in [0.1, 0.15) is 25.1 Å². The van der Waals surface area contributed by atoms with Gasteiger partial charge in [-0.15, -0.1) is 21.5 Å². The Morgan fingerprint density at radius 3 is 2.74 bits per heavy atom. The van der Waals surface area contributed by atoms with Crippen LogP contribution in [0.3, 0.4) is 0 Å². The number of rotatable bonds is 6. The summed E-state index contributed by atoms with van der Waals surface area (Å²) in [6.45, 7) is 4.94. The summed E-state index contributed by atoms with van der Waals surface area (Å²) in [5, 5.41) is 10.2. The van der Waals surface area contributed by atoms with Gasteiger partial charge < -0.3 is 0 Å². The minimum atomic E-state index is -0.00672. The molecule has 3 aromatic heterocycles. The van der Waals surface area contributed by atoms with Gasteiger partial charge >= 0.3 is 0 Å². The van der Waals surface area contributed by atoms with Crippen molar-refractivity contribution in [3.8, 4) is 0 Å². The summed E-state index contributed by atoms with van der Waals surface area (Å²) in [4.78, 5) is 14.2. The number of hydrogen-bond donors (Lipinski definition) is 0. The molecule has 0 saturated heterocycles. The molecular formula is C19H19ClN4OS2. The lowest BCUT2D eigenvalue weighted by atomic mass is 10.1. The second kappa shape index (κ2) is 7.66. The summed E-state index contributed by atoms with van der Waals surface area (Å²) in [5.74, 6) is 1.87. The van der Waals surface area contributed by atoms with Gasteiger partial charge in [0.05, 0.1) is 15.2 Å². The highest BCUT2D eigenvalue weighted by Gasteiger charge is 2.17. The van der Waals surface area contributed by atoms with Crippen molar-refractivity contribution in [1.82, 2.24) is 19.2 Å². The van der Waals surface area contributed by atoms with Gasteiger partial charge in [-0.05, 0) is 36.6 Å². The molecule has 3 heterocycles. The second-order valence-corrected chi connectivity index (χ2v) is 9.51. The Labute approximate surface area is 170 Å². The summed E-state index contributed by atoms with van der Waals surface area (Å²) in [6.07, 6.45) is 0.914. The number of thiophene rings is 1. The molecule has 0 aliphatic heterocycles. The van der Waals surface area contributed by atoms with E-state index in [9.17, 15) is 4.79 Å². The predicted octanol–water partition coefficient (Wildman–Crippen LogP) is 5.10. The summed E-state index contributed by atoms with van der Waals surface area (Å²) >= 11 is 9.20. The summed E-state index contributed by atoms with van der Waals surface area (Å²) in [7, 11) is 0. The number of aromatic nitrogens is 4. The molecule has 140 valence electrons. The molecule has 27 heavy (non-hydrogen) atoms. The Morgan fingerprint density at radius 2 is 2.00 bits per heavy atom. The van der Waals surface area contributed by atoms with E-state index in [1.54, 1.807) is 27.7 Å². The van der Waals surface area contributed by atoms with Crippen LogP contribution < -0.4 is 5.56 Å². The van der Waals surface area contributed by atoms with E-state index in [1.165, 1.54) is 4.88 Å². The van der Waals surface area contributed by atoms with E-state index < -0.39 is 0 Å². The summed E-state index contributed by atoms with van der Waals surface area (Å²) in [5.41, 5.74) is 0.836. The van der Waals surface area contributed by atoms with Gasteiger partial charge in [-0.3, -0.25) is 13.8 Å². The molecule has 4 aromatic rings. The SMILES string of the molecule is CC(C)CCn1c(=O)c2ccccc2n2c(SCc3ccc(Cl)s3)nnc12. The highest BCUT2D eigenvalue weighted by molar-refractivity contribution is 7.98. The minimum absolute atomic E-state index is 0.00672. The molecule has 5 nitrogen and oxygen atoms in total. The zero-order chi connectivity index (χ0) is 19.0. The number of fused-ring (bicyclic) bond motifs is 3. The Balaban J connectivity index is 1.82. The van der Waals surface area contributed by atoms with Crippen LogP contribution in [0.25, 0.3) is 16.7 Å². The molecule has 0 radical (unpaired) electrons. The van der Waals surface area contributed by atoms with Gasteiger partial charge in [-0.25, -0.2) is 0 Å². The molecule has 0 aliphatic carbocycles. The largest absolute Gasteiger partial charge is 0.276 e. The maximum absolute atomic E-state index is 13.0. The Hall–Kier alpha value is -1.83. The van der Waals surface area contributed by atoms with Gasteiger partial charge in [0.2, 0.25) is 5.78 Å². The topological polar surface area (TPSA) is 52.2 Å². The lowest BCUT2D eigenvalue weighted by molar-refractivity contribution is 0.512. The van der Waals surface area contributed by atoms with Crippen molar-refractivity contribution in [3.05, 3.63) is 56.0 Å². The number of halogens is 1. The number of aryl methyl sites for hydroxylation is 1.